The number of hydrogen-bond acceptors (Lipinski definition) is 3. The molecule has 1 saturated heterocycles. The van der Waals surface area contributed by atoms with E-state index in [0.717, 1.165) is 44.9 Å². The van der Waals surface area contributed by atoms with Gasteiger partial charge in [0.25, 0.3) is 0 Å². The lowest BCUT2D eigenvalue weighted by molar-refractivity contribution is -0.136. The van der Waals surface area contributed by atoms with E-state index in [1.165, 1.54) is 6.42 Å². The number of likely N-dealkylation sites (tertiary alicyclic amines) is 1. The first-order valence-corrected chi connectivity index (χ1v) is 7.86. The molecule has 0 atom stereocenters. The second-order valence-electron chi connectivity index (χ2n) is 6.19. The maximum atomic E-state index is 11.9. The average molecular weight is 282 g/mol. The fraction of sp³-hybridized carbons (Fsp3) is 0.867. The van der Waals surface area contributed by atoms with Crippen molar-refractivity contribution in [1.82, 2.24) is 10.2 Å². The minimum Gasteiger partial charge on any atom is -0.388 e. The summed E-state index contributed by atoms with van der Waals surface area (Å²) in [6, 6.07) is 0. The molecule has 1 aliphatic heterocycles. The van der Waals surface area contributed by atoms with Crippen LogP contribution in [0.15, 0.2) is 0 Å². The van der Waals surface area contributed by atoms with Crippen molar-refractivity contribution in [2.24, 2.45) is 0 Å². The standard InChI is InChI=1S/C15H26N2O3/c18-13(11-17-10-6-1-3-7-14(17)19)16-12-15(20)8-4-2-5-9-15/h20H,1-12H2,(H,16,18). The first-order chi connectivity index (χ1) is 9.59. The highest BCUT2D eigenvalue weighted by Gasteiger charge is 2.29. The third-order valence-corrected chi connectivity index (χ3v) is 4.40. The zero-order chi connectivity index (χ0) is 14.4. The van der Waals surface area contributed by atoms with Crippen LogP contribution in [-0.4, -0.2) is 47.1 Å². The van der Waals surface area contributed by atoms with Crippen LogP contribution in [0.4, 0.5) is 0 Å². The highest BCUT2D eigenvalue weighted by molar-refractivity contribution is 5.84. The van der Waals surface area contributed by atoms with Gasteiger partial charge in [-0.1, -0.05) is 25.7 Å². The van der Waals surface area contributed by atoms with E-state index in [0.29, 0.717) is 19.5 Å². The van der Waals surface area contributed by atoms with Gasteiger partial charge >= 0.3 is 0 Å². The molecule has 20 heavy (non-hydrogen) atoms. The third kappa shape index (κ3) is 4.47. The summed E-state index contributed by atoms with van der Waals surface area (Å²) < 4.78 is 0. The predicted molar refractivity (Wildman–Crippen MR) is 76.1 cm³/mol. The van der Waals surface area contributed by atoms with E-state index in [9.17, 15) is 14.7 Å². The van der Waals surface area contributed by atoms with Gasteiger partial charge in [0.1, 0.15) is 0 Å². The summed E-state index contributed by atoms with van der Waals surface area (Å²) in [4.78, 5) is 25.4. The second-order valence-corrected chi connectivity index (χ2v) is 6.19. The van der Waals surface area contributed by atoms with Crippen molar-refractivity contribution in [3.8, 4) is 0 Å². The monoisotopic (exact) mass is 282 g/mol. The molecule has 0 unspecified atom stereocenters. The zero-order valence-corrected chi connectivity index (χ0v) is 12.2. The van der Waals surface area contributed by atoms with Crippen molar-refractivity contribution in [3.05, 3.63) is 0 Å². The van der Waals surface area contributed by atoms with E-state index < -0.39 is 5.60 Å². The first-order valence-electron chi connectivity index (χ1n) is 7.86. The van der Waals surface area contributed by atoms with Crippen molar-refractivity contribution >= 4 is 11.8 Å². The minimum atomic E-state index is -0.739. The van der Waals surface area contributed by atoms with Crippen LogP contribution >= 0.6 is 0 Å². The molecule has 0 spiro atoms. The fourth-order valence-electron chi connectivity index (χ4n) is 3.08. The van der Waals surface area contributed by atoms with Crippen molar-refractivity contribution in [2.75, 3.05) is 19.6 Å². The van der Waals surface area contributed by atoms with Gasteiger partial charge < -0.3 is 15.3 Å². The molecule has 0 radical (unpaired) electrons. The normalized spacial score (nSPS) is 23.2. The Morgan fingerprint density at radius 1 is 1.15 bits per heavy atom. The van der Waals surface area contributed by atoms with Crippen molar-refractivity contribution in [3.63, 3.8) is 0 Å². The quantitative estimate of drug-likeness (QED) is 0.814. The van der Waals surface area contributed by atoms with Crippen molar-refractivity contribution in [2.45, 2.75) is 63.4 Å². The maximum absolute atomic E-state index is 11.9. The largest absolute Gasteiger partial charge is 0.388 e. The highest BCUT2D eigenvalue weighted by Crippen LogP contribution is 2.27. The Labute approximate surface area is 120 Å². The summed E-state index contributed by atoms with van der Waals surface area (Å²) >= 11 is 0. The van der Waals surface area contributed by atoms with Gasteiger partial charge in [-0.25, -0.2) is 0 Å². The van der Waals surface area contributed by atoms with E-state index in [1.54, 1.807) is 4.90 Å². The molecule has 0 aromatic rings. The average Bonchev–Trinajstić information content (AvgIpc) is 2.63. The highest BCUT2D eigenvalue weighted by atomic mass is 16.3. The van der Waals surface area contributed by atoms with Crippen LogP contribution in [-0.2, 0) is 9.59 Å². The summed E-state index contributed by atoms with van der Waals surface area (Å²) in [5.74, 6) is -0.0757. The lowest BCUT2D eigenvalue weighted by atomic mass is 9.85. The van der Waals surface area contributed by atoms with Crippen molar-refractivity contribution in [1.29, 1.82) is 0 Å². The molecule has 5 nitrogen and oxygen atoms in total. The number of carbonyl (C=O) groups excluding carboxylic acids is 2. The SMILES string of the molecule is O=C(CN1CCCCCC1=O)NCC1(O)CCCCC1. The van der Waals surface area contributed by atoms with Gasteiger partial charge in [0.2, 0.25) is 11.8 Å². The van der Waals surface area contributed by atoms with Crippen LogP contribution in [0.2, 0.25) is 0 Å². The Kier molecular flexibility index (Phi) is 5.40. The van der Waals surface area contributed by atoms with E-state index >= 15 is 0 Å². The summed E-state index contributed by atoms with van der Waals surface area (Å²) in [6.07, 6.45) is 8.25. The van der Waals surface area contributed by atoms with Gasteiger partial charge in [0, 0.05) is 19.5 Å². The molecule has 0 aromatic heterocycles. The zero-order valence-electron chi connectivity index (χ0n) is 12.2. The number of nitrogens with zero attached hydrogens (tertiary/aromatic N) is 1. The molecule has 5 heteroatoms. The van der Waals surface area contributed by atoms with E-state index in [-0.39, 0.29) is 18.4 Å². The minimum absolute atomic E-state index is 0.0778. The first kappa shape index (κ1) is 15.3. The molecule has 2 rings (SSSR count). The molecule has 2 amide bonds. The van der Waals surface area contributed by atoms with E-state index in [2.05, 4.69) is 5.32 Å². The smallest absolute Gasteiger partial charge is 0.239 e. The molecular formula is C15H26N2O3. The third-order valence-electron chi connectivity index (χ3n) is 4.40. The second kappa shape index (κ2) is 7.07. The molecule has 114 valence electrons. The molecular weight excluding hydrogens is 256 g/mol. The number of rotatable bonds is 4. The van der Waals surface area contributed by atoms with Gasteiger partial charge in [0.15, 0.2) is 0 Å². The molecule has 0 bridgehead atoms. The molecule has 1 saturated carbocycles. The van der Waals surface area contributed by atoms with Crippen LogP contribution in [0, 0.1) is 0 Å². The lowest BCUT2D eigenvalue weighted by Gasteiger charge is -2.32. The summed E-state index contributed by atoms with van der Waals surface area (Å²) in [5.41, 5.74) is -0.739. The Hall–Kier alpha value is -1.10. The fourth-order valence-corrected chi connectivity index (χ4v) is 3.08. The number of aliphatic hydroxyl groups is 1. The van der Waals surface area contributed by atoms with E-state index in [1.807, 2.05) is 0 Å². The van der Waals surface area contributed by atoms with Crippen LogP contribution in [0.1, 0.15) is 57.8 Å². The van der Waals surface area contributed by atoms with Crippen LogP contribution in [0.25, 0.3) is 0 Å². The van der Waals surface area contributed by atoms with Crippen molar-refractivity contribution < 1.29 is 14.7 Å². The van der Waals surface area contributed by atoms with Gasteiger partial charge in [-0.05, 0) is 25.7 Å². The topological polar surface area (TPSA) is 69.6 Å². The molecule has 1 heterocycles. The van der Waals surface area contributed by atoms with Crippen LogP contribution in [0.3, 0.4) is 0 Å². The van der Waals surface area contributed by atoms with Crippen LogP contribution in [0.5, 0.6) is 0 Å². The lowest BCUT2D eigenvalue weighted by Crippen LogP contribution is -2.47. The van der Waals surface area contributed by atoms with Gasteiger partial charge in [-0.2, -0.15) is 0 Å². The maximum Gasteiger partial charge on any atom is 0.239 e. The molecule has 2 aliphatic rings. The van der Waals surface area contributed by atoms with Gasteiger partial charge in [-0.15, -0.1) is 0 Å². The summed E-state index contributed by atoms with van der Waals surface area (Å²) in [6.45, 7) is 1.12. The number of hydrogen-bond donors (Lipinski definition) is 2. The Morgan fingerprint density at radius 2 is 1.85 bits per heavy atom. The Morgan fingerprint density at radius 3 is 2.60 bits per heavy atom. The molecule has 2 fully saturated rings. The number of amides is 2. The summed E-state index contributed by atoms with van der Waals surface area (Å²) in [5, 5.41) is 13.1. The predicted octanol–water partition coefficient (Wildman–Crippen LogP) is 1.20. The Bertz CT molecular complexity index is 351. The summed E-state index contributed by atoms with van der Waals surface area (Å²) in [7, 11) is 0. The number of nitrogens with one attached hydrogen (secondary N) is 1. The number of carbonyl (C=O) groups is 2. The van der Waals surface area contributed by atoms with Crippen LogP contribution < -0.4 is 5.32 Å². The van der Waals surface area contributed by atoms with Gasteiger partial charge in [0.05, 0.1) is 12.1 Å². The van der Waals surface area contributed by atoms with Gasteiger partial charge in [-0.3, -0.25) is 9.59 Å². The molecule has 0 aromatic carbocycles. The molecule has 2 N–H and O–H groups in total. The molecule has 1 aliphatic carbocycles. The Balaban J connectivity index is 1.75. The van der Waals surface area contributed by atoms with E-state index in [4.69, 9.17) is 0 Å².